The van der Waals surface area contributed by atoms with Crippen LogP contribution in [0.15, 0.2) is 84.9 Å². The fraction of sp³-hybridized carbons (Fsp3) is 0.259. The Labute approximate surface area is 189 Å². The van der Waals surface area contributed by atoms with Gasteiger partial charge in [0.05, 0.1) is 6.42 Å². The Morgan fingerprint density at radius 2 is 1.22 bits per heavy atom. The first-order chi connectivity index (χ1) is 15.6. The van der Waals surface area contributed by atoms with E-state index < -0.39 is 12.0 Å². The molecule has 0 heterocycles. The van der Waals surface area contributed by atoms with Gasteiger partial charge in [-0.1, -0.05) is 84.9 Å². The summed E-state index contributed by atoms with van der Waals surface area (Å²) >= 11 is 0. The second-order valence-corrected chi connectivity index (χ2v) is 8.02. The van der Waals surface area contributed by atoms with Crippen molar-refractivity contribution in [3.8, 4) is 0 Å². The SMILES string of the molecule is [NH3+]C(Cc1ccccc1)C(=O)ONC(=O)Cc1ccc(CCCCc2ccccc2)cc1. The lowest BCUT2D eigenvalue weighted by Crippen LogP contribution is -2.67. The minimum Gasteiger partial charge on any atom is -0.345 e. The summed E-state index contributed by atoms with van der Waals surface area (Å²) in [6.45, 7) is 0. The average molecular weight is 432 g/mol. The first-order valence-electron chi connectivity index (χ1n) is 11.1. The maximum atomic E-state index is 12.1. The van der Waals surface area contributed by atoms with Crippen LogP contribution in [0.4, 0.5) is 0 Å². The first kappa shape index (κ1) is 23.2. The zero-order valence-electron chi connectivity index (χ0n) is 18.3. The predicted octanol–water partition coefficient (Wildman–Crippen LogP) is 3.22. The molecule has 4 N–H and O–H groups in total. The normalized spacial score (nSPS) is 11.5. The van der Waals surface area contributed by atoms with E-state index in [4.69, 9.17) is 4.84 Å². The number of hydroxylamine groups is 1. The van der Waals surface area contributed by atoms with Crippen molar-refractivity contribution in [3.05, 3.63) is 107 Å². The highest BCUT2D eigenvalue weighted by molar-refractivity contribution is 5.81. The molecule has 0 bridgehead atoms. The molecule has 5 heteroatoms. The summed E-state index contributed by atoms with van der Waals surface area (Å²) < 4.78 is 0. The van der Waals surface area contributed by atoms with Crippen molar-refractivity contribution in [2.45, 2.75) is 44.6 Å². The third-order valence-corrected chi connectivity index (χ3v) is 5.34. The fourth-order valence-corrected chi connectivity index (χ4v) is 3.52. The zero-order chi connectivity index (χ0) is 22.6. The van der Waals surface area contributed by atoms with Crippen LogP contribution in [0.1, 0.15) is 35.1 Å². The number of carbonyl (C=O) groups is 2. The van der Waals surface area contributed by atoms with Gasteiger partial charge < -0.3 is 10.6 Å². The number of nitrogens with one attached hydrogen (secondary N) is 1. The number of unbranched alkanes of at least 4 members (excludes halogenated alkanes) is 1. The lowest BCUT2D eigenvalue weighted by molar-refractivity contribution is -0.408. The Hall–Kier alpha value is -3.44. The lowest BCUT2D eigenvalue weighted by Gasteiger charge is -2.09. The van der Waals surface area contributed by atoms with E-state index in [9.17, 15) is 9.59 Å². The molecular weight excluding hydrogens is 400 g/mol. The van der Waals surface area contributed by atoms with Crippen LogP contribution in [0.25, 0.3) is 0 Å². The lowest BCUT2D eigenvalue weighted by atomic mass is 10.0. The highest BCUT2D eigenvalue weighted by atomic mass is 16.7. The number of carbonyl (C=O) groups excluding carboxylic acids is 2. The third kappa shape index (κ3) is 8.00. The number of amides is 1. The Kier molecular flexibility index (Phi) is 9.02. The van der Waals surface area contributed by atoms with Gasteiger partial charge in [0.1, 0.15) is 0 Å². The van der Waals surface area contributed by atoms with Crippen molar-refractivity contribution >= 4 is 11.9 Å². The van der Waals surface area contributed by atoms with Crippen molar-refractivity contribution in [2.75, 3.05) is 0 Å². The summed E-state index contributed by atoms with van der Waals surface area (Å²) in [5.41, 5.74) is 10.6. The zero-order valence-corrected chi connectivity index (χ0v) is 18.3. The molecule has 0 radical (unpaired) electrons. The molecule has 0 fully saturated rings. The molecule has 1 amide bonds. The van der Waals surface area contributed by atoms with E-state index in [0.29, 0.717) is 6.42 Å². The smallest absolute Gasteiger partial charge is 0.345 e. The molecule has 0 aromatic heterocycles. The van der Waals surface area contributed by atoms with Gasteiger partial charge in [-0.2, -0.15) is 5.48 Å². The highest BCUT2D eigenvalue weighted by Crippen LogP contribution is 2.11. The summed E-state index contributed by atoms with van der Waals surface area (Å²) in [7, 11) is 0. The minimum atomic E-state index is -0.584. The molecule has 3 aromatic carbocycles. The van der Waals surface area contributed by atoms with Crippen LogP contribution in [0, 0.1) is 0 Å². The summed E-state index contributed by atoms with van der Waals surface area (Å²) in [4.78, 5) is 29.1. The van der Waals surface area contributed by atoms with Crippen LogP contribution >= 0.6 is 0 Å². The Morgan fingerprint density at radius 1 is 0.719 bits per heavy atom. The molecule has 0 saturated carbocycles. The standard InChI is InChI=1S/C27H30N2O3/c28-25(19-23-13-5-2-6-14-23)27(31)32-29-26(30)20-24-17-15-22(16-18-24)12-8-7-11-21-9-3-1-4-10-21/h1-6,9-10,13-18,25H,7-8,11-12,19-20,28H2,(H,29,30)/p+1. The van der Waals surface area contributed by atoms with Crippen molar-refractivity contribution in [1.82, 2.24) is 5.48 Å². The summed E-state index contributed by atoms with van der Waals surface area (Å²) in [5.74, 6) is -0.908. The molecule has 3 aromatic rings. The van der Waals surface area contributed by atoms with Crippen LogP contribution < -0.4 is 11.2 Å². The maximum Gasteiger partial charge on any atom is 0.389 e. The Bertz CT molecular complexity index is 973. The molecule has 0 aliphatic heterocycles. The average Bonchev–Trinajstić information content (AvgIpc) is 2.82. The molecule has 1 unspecified atom stereocenters. The van der Waals surface area contributed by atoms with Crippen LogP contribution in [-0.2, 0) is 40.1 Å². The molecule has 166 valence electrons. The molecule has 0 aliphatic carbocycles. The third-order valence-electron chi connectivity index (χ3n) is 5.34. The minimum absolute atomic E-state index is 0.155. The van der Waals surface area contributed by atoms with Gasteiger partial charge in [-0.25, -0.2) is 4.79 Å². The number of aryl methyl sites for hydroxylation is 2. The summed E-state index contributed by atoms with van der Waals surface area (Å²) in [6.07, 6.45) is 5.00. The van der Waals surface area contributed by atoms with Crippen molar-refractivity contribution < 1.29 is 20.2 Å². The van der Waals surface area contributed by atoms with E-state index >= 15 is 0 Å². The summed E-state index contributed by atoms with van der Waals surface area (Å²) in [5, 5.41) is 0. The van der Waals surface area contributed by atoms with Gasteiger partial charge in [0, 0.05) is 6.42 Å². The van der Waals surface area contributed by atoms with Gasteiger partial charge in [-0.3, -0.25) is 4.79 Å². The van der Waals surface area contributed by atoms with Gasteiger partial charge >= 0.3 is 5.97 Å². The number of benzene rings is 3. The number of quaternary nitrogens is 1. The predicted molar refractivity (Wildman–Crippen MR) is 124 cm³/mol. The van der Waals surface area contributed by atoms with Gasteiger partial charge in [0.2, 0.25) is 0 Å². The Balaban J connectivity index is 1.34. The van der Waals surface area contributed by atoms with Crippen LogP contribution in [0.3, 0.4) is 0 Å². The highest BCUT2D eigenvalue weighted by Gasteiger charge is 2.21. The molecular formula is C27H31N2O3+. The fourth-order valence-electron chi connectivity index (χ4n) is 3.52. The van der Waals surface area contributed by atoms with Gasteiger partial charge in [0.15, 0.2) is 6.04 Å². The van der Waals surface area contributed by atoms with Crippen LogP contribution in [-0.4, -0.2) is 17.9 Å². The monoisotopic (exact) mass is 431 g/mol. The van der Waals surface area contributed by atoms with Crippen LogP contribution in [0.5, 0.6) is 0 Å². The molecule has 0 saturated heterocycles. The van der Waals surface area contributed by atoms with Gasteiger partial charge in [-0.15, -0.1) is 0 Å². The Morgan fingerprint density at radius 3 is 1.81 bits per heavy atom. The van der Waals surface area contributed by atoms with E-state index in [2.05, 4.69) is 47.6 Å². The number of hydrogen-bond donors (Lipinski definition) is 2. The molecule has 32 heavy (non-hydrogen) atoms. The molecule has 5 nitrogen and oxygen atoms in total. The van der Waals surface area contributed by atoms with Gasteiger partial charge in [-0.05, 0) is 47.9 Å². The van der Waals surface area contributed by atoms with E-state index in [1.165, 1.54) is 11.1 Å². The number of rotatable bonds is 10. The summed E-state index contributed by atoms with van der Waals surface area (Å²) in [6, 6.07) is 27.5. The molecule has 1 atom stereocenters. The first-order valence-corrected chi connectivity index (χ1v) is 11.1. The van der Waals surface area contributed by atoms with Gasteiger partial charge in [0.25, 0.3) is 5.91 Å². The molecule has 0 aliphatic rings. The molecule has 3 rings (SSSR count). The van der Waals surface area contributed by atoms with Crippen LogP contribution in [0.2, 0.25) is 0 Å². The van der Waals surface area contributed by atoms with E-state index in [-0.39, 0.29) is 12.3 Å². The van der Waals surface area contributed by atoms with Crippen molar-refractivity contribution in [2.24, 2.45) is 0 Å². The van der Waals surface area contributed by atoms with E-state index in [1.807, 2.05) is 48.5 Å². The quantitative estimate of drug-likeness (QED) is 0.382. The second kappa shape index (κ2) is 12.4. The second-order valence-electron chi connectivity index (χ2n) is 8.02. The maximum absolute atomic E-state index is 12.1. The van der Waals surface area contributed by atoms with E-state index in [1.54, 1.807) is 0 Å². The van der Waals surface area contributed by atoms with Crippen molar-refractivity contribution in [1.29, 1.82) is 0 Å². The molecule has 0 spiro atoms. The topological polar surface area (TPSA) is 83.0 Å². The number of hydrogen-bond acceptors (Lipinski definition) is 3. The van der Waals surface area contributed by atoms with Crippen molar-refractivity contribution in [3.63, 3.8) is 0 Å². The van der Waals surface area contributed by atoms with E-state index in [0.717, 1.165) is 36.8 Å². The largest absolute Gasteiger partial charge is 0.389 e.